The van der Waals surface area contributed by atoms with Crippen molar-refractivity contribution in [3.8, 4) is 11.1 Å². The molecule has 1 atom stereocenters. The molecule has 0 radical (unpaired) electrons. The Bertz CT molecular complexity index is 1010. The average Bonchev–Trinajstić information content (AvgIpc) is 2.70. The molecule has 1 N–H and O–H groups in total. The molecule has 1 aliphatic heterocycles. The van der Waals surface area contributed by atoms with Gasteiger partial charge in [-0.1, -0.05) is 66.2 Å². The number of hydrogen-bond acceptors (Lipinski definition) is 2. The van der Waals surface area contributed by atoms with Crippen molar-refractivity contribution < 1.29 is 8.42 Å². The molecule has 0 amide bonds. The molecule has 5 heteroatoms. The predicted octanol–water partition coefficient (Wildman–Crippen LogP) is 4.39. The number of nitrogens with one attached hydrogen (secondary N) is 1. The highest BCUT2D eigenvalue weighted by Crippen LogP contribution is 2.39. The van der Waals surface area contributed by atoms with E-state index < -0.39 is 16.1 Å². The van der Waals surface area contributed by atoms with Gasteiger partial charge in [0, 0.05) is 10.6 Å². The first kappa shape index (κ1) is 15.4. The number of hydrogen-bond donors (Lipinski definition) is 1. The fraction of sp³-hybridized carbons (Fsp3) is 0.0526. The Kier molecular flexibility index (Phi) is 3.68. The highest BCUT2D eigenvalue weighted by molar-refractivity contribution is 7.89. The quantitative estimate of drug-likeness (QED) is 0.703. The van der Waals surface area contributed by atoms with Gasteiger partial charge in [-0.2, -0.15) is 4.72 Å². The van der Waals surface area contributed by atoms with E-state index in [-0.39, 0.29) is 0 Å². The summed E-state index contributed by atoms with van der Waals surface area (Å²) in [6.07, 6.45) is 0. The van der Waals surface area contributed by atoms with Crippen LogP contribution in [-0.2, 0) is 10.0 Å². The van der Waals surface area contributed by atoms with Crippen LogP contribution in [0.2, 0.25) is 5.02 Å². The van der Waals surface area contributed by atoms with Crippen LogP contribution in [-0.4, -0.2) is 8.42 Å². The van der Waals surface area contributed by atoms with Gasteiger partial charge in [-0.15, -0.1) is 0 Å². The maximum Gasteiger partial charge on any atom is 0.242 e. The summed E-state index contributed by atoms with van der Waals surface area (Å²) in [4.78, 5) is 0.300. The third-order valence-electron chi connectivity index (χ3n) is 4.21. The van der Waals surface area contributed by atoms with Crippen LogP contribution in [0.15, 0.2) is 77.7 Å². The molecule has 24 heavy (non-hydrogen) atoms. The maximum absolute atomic E-state index is 12.9. The zero-order chi connectivity index (χ0) is 16.7. The molecule has 3 aromatic rings. The van der Waals surface area contributed by atoms with Gasteiger partial charge >= 0.3 is 0 Å². The molecular formula is C19H14ClNO2S. The van der Waals surface area contributed by atoms with Crippen LogP contribution >= 0.6 is 11.6 Å². The second-order valence-corrected chi connectivity index (χ2v) is 7.81. The molecule has 3 nitrogen and oxygen atoms in total. The van der Waals surface area contributed by atoms with Gasteiger partial charge in [-0.25, -0.2) is 8.42 Å². The fourth-order valence-electron chi connectivity index (χ4n) is 3.10. The van der Waals surface area contributed by atoms with Crippen molar-refractivity contribution in [1.29, 1.82) is 0 Å². The van der Waals surface area contributed by atoms with Gasteiger partial charge in [-0.05, 0) is 34.9 Å². The molecule has 0 saturated carbocycles. The van der Waals surface area contributed by atoms with Crippen LogP contribution in [0.1, 0.15) is 17.2 Å². The molecule has 0 saturated heterocycles. The van der Waals surface area contributed by atoms with Crippen molar-refractivity contribution >= 4 is 21.6 Å². The van der Waals surface area contributed by atoms with Crippen LogP contribution in [0.3, 0.4) is 0 Å². The molecule has 0 aromatic heterocycles. The van der Waals surface area contributed by atoms with E-state index >= 15 is 0 Å². The first-order valence-electron chi connectivity index (χ1n) is 7.52. The van der Waals surface area contributed by atoms with E-state index in [1.54, 1.807) is 24.3 Å². The van der Waals surface area contributed by atoms with Gasteiger partial charge in [0.1, 0.15) is 0 Å². The van der Waals surface area contributed by atoms with Crippen LogP contribution in [0.25, 0.3) is 11.1 Å². The average molecular weight is 356 g/mol. The Balaban J connectivity index is 2.00. The largest absolute Gasteiger partial charge is 0.242 e. The van der Waals surface area contributed by atoms with Gasteiger partial charge < -0.3 is 0 Å². The summed E-state index contributed by atoms with van der Waals surface area (Å²) in [5.41, 5.74) is 3.41. The molecule has 0 bridgehead atoms. The van der Waals surface area contributed by atoms with Gasteiger partial charge in [0.15, 0.2) is 0 Å². The Labute approximate surface area is 146 Å². The lowest BCUT2D eigenvalue weighted by atomic mass is 9.91. The van der Waals surface area contributed by atoms with Crippen molar-refractivity contribution in [2.24, 2.45) is 0 Å². The second kappa shape index (κ2) is 5.74. The molecule has 0 spiro atoms. The molecular weight excluding hydrogens is 342 g/mol. The van der Waals surface area contributed by atoms with E-state index in [2.05, 4.69) is 4.72 Å². The van der Waals surface area contributed by atoms with Crippen LogP contribution in [0.4, 0.5) is 0 Å². The normalized spacial score (nSPS) is 18.3. The Morgan fingerprint density at radius 3 is 2.17 bits per heavy atom. The molecule has 1 aliphatic rings. The molecule has 3 aromatic carbocycles. The number of halogens is 1. The SMILES string of the molecule is O=S1(=O)NC(c2ccc(Cl)cc2)c2ccccc2-c2ccccc21. The third kappa shape index (κ3) is 2.53. The number of sulfonamides is 1. The predicted molar refractivity (Wildman–Crippen MR) is 95.5 cm³/mol. The van der Waals surface area contributed by atoms with Crippen molar-refractivity contribution in [3.05, 3.63) is 88.9 Å². The Hall–Kier alpha value is -2.14. The summed E-state index contributed by atoms with van der Waals surface area (Å²) < 4.78 is 28.6. The fourth-order valence-corrected chi connectivity index (χ4v) is 4.65. The van der Waals surface area contributed by atoms with Crippen molar-refractivity contribution in [3.63, 3.8) is 0 Å². The van der Waals surface area contributed by atoms with Crippen molar-refractivity contribution in [2.75, 3.05) is 0 Å². The minimum absolute atomic E-state index is 0.300. The zero-order valence-corrected chi connectivity index (χ0v) is 14.2. The standard InChI is InChI=1S/C19H14ClNO2S/c20-14-11-9-13(10-12-14)19-17-7-2-1-5-15(17)16-6-3-4-8-18(16)24(22,23)21-19/h1-12,19,21H. The monoisotopic (exact) mass is 355 g/mol. The van der Waals surface area contributed by atoms with E-state index in [0.717, 1.165) is 22.3 Å². The summed E-state index contributed by atoms with van der Waals surface area (Å²) >= 11 is 5.97. The summed E-state index contributed by atoms with van der Waals surface area (Å²) in [7, 11) is -3.64. The second-order valence-electron chi connectivity index (χ2n) is 5.69. The van der Waals surface area contributed by atoms with Crippen LogP contribution < -0.4 is 4.72 Å². The van der Waals surface area contributed by atoms with Crippen LogP contribution in [0.5, 0.6) is 0 Å². The highest BCUT2D eigenvalue weighted by Gasteiger charge is 2.31. The lowest BCUT2D eigenvalue weighted by Gasteiger charge is -2.19. The highest BCUT2D eigenvalue weighted by atomic mass is 35.5. The van der Waals surface area contributed by atoms with Crippen molar-refractivity contribution in [2.45, 2.75) is 10.9 Å². The van der Waals surface area contributed by atoms with Crippen molar-refractivity contribution in [1.82, 2.24) is 4.72 Å². The number of fused-ring (bicyclic) bond motifs is 3. The number of benzene rings is 3. The molecule has 1 heterocycles. The van der Waals surface area contributed by atoms with E-state index in [4.69, 9.17) is 11.6 Å². The minimum atomic E-state index is -3.64. The summed E-state index contributed by atoms with van der Waals surface area (Å²) in [5.74, 6) is 0. The van der Waals surface area contributed by atoms with E-state index in [9.17, 15) is 8.42 Å². The first-order chi connectivity index (χ1) is 11.6. The van der Waals surface area contributed by atoms with E-state index in [1.165, 1.54) is 0 Å². The topological polar surface area (TPSA) is 46.2 Å². The van der Waals surface area contributed by atoms with Gasteiger partial charge in [0.25, 0.3) is 0 Å². The molecule has 0 aliphatic carbocycles. The Morgan fingerprint density at radius 2 is 1.42 bits per heavy atom. The Morgan fingerprint density at radius 1 is 0.792 bits per heavy atom. The van der Waals surface area contributed by atoms with Gasteiger partial charge in [-0.3, -0.25) is 0 Å². The first-order valence-corrected chi connectivity index (χ1v) is 9.38. The molecule has 4 rings (SSSR count). The van der Waals surface area contributed by atoms with Gasteiger partial charge in [0.05, 0.1) is 10.9 Å². The smallest absolute Gasteiger partial charge is 0.207 e. The third-order valence-corrected chi connectivity index (χ3v) is 5.95. The lowest BCUT2D eigenvalue weighted by Crippen LogP contribution is -2.28. The van der Waals surface area contributed by atoms with Crippen LogP contribution in [0, 0.1) is 0 Å². The molecule has 0 fully saturated rings. The van der Waals surface area contributed by atoms with E-state index in [1.807, 2.05) is 48.5 Å². The summed E-state index contributed by atoms with van der Waals surface area (Å²) in [6.45, 7) is 0. The number of rotatable bonds is 1. The summed E-state index contributed by atoms with van der Waals surface area (Å²) in [5, 5.41) is 0.617. The lowest BCUT2D eigenvalue weighted by molar-refractivity contribution is 0.574. The maximum atomic E-state index is 12.9. The van der Waals surface area contributed by atoms with Gasteiger partial charge in [0.2, 0.25) is 10.0 Å². The minimum Gasteiger partial charge on any atom is -0.207 e. The summed E-state index contributed by atoms with van der Waals surface area (Å²) in [6, 6.07) is 21.6. The van der Waals surface area contributed by atoms with E-state index in [0.29, 0.717) is 9.92 Å². The molecule has 120 valence electrons. The zero-order valence-electron chi connectivity index (χ0n) is 12.6. The molecule has 1 unspecified atom stereocenters.